The number of anilines is 1. The van der Waals surface area contributed by atoms with Gasteiger partial charge < -0.3 is 10.8 Å². The molecule has 7 heteroatoms. The predicted molar refractivity (Wildman–Crippen MR) is 99.1 cm³/mol. The summed E-state index contributed by atoms with van der Waals surface area (Å²) in [5, 5.41) is 13.3. The zero-order valence-electron chi connectivity index (χ0n) is 14.6. The van der Waals surface area contributed by atoms with Crippen molar-refractivity contribution in [2.24, 2.45) is 0 Å². The molecule has 1 aliphatic rings. The van der Waals surface area contributed by atoms with Gasteiger partial charge in [-0.25, -0.2) is 9.97 Å². The fraction of sp³-hybridized carbons (Fsp3) is 0.263. The summed E-state index contributed by atoms with van der Waals surface area (Å²) in [6.07, 6.45) is 9.28. The second-order valence-electron chi connectivity index (χ2n) is 6.21. The summed E-state index contributed by atoms with van der Waals surface area (Å²) in [5.74, 6) is 0.295. The van der Waals surface area contributed by atoms with Gasteiger partial charge >= 0.3 is 0 Å². The summed E-state index contributed by atoms with van der Waals surface area (Å²) in [7, 11) is 0. The van der Waals surface area contributed by atoms with Crippen LogP contribution in [0.2, 0.25) is 0 Å². The molecule has 3 heterocycles. The quantitative estimate of drug-likeness (QED) is 0.729. The molecule has 3 aromatic heterocycles. The molecule has 0 aromatic carbocycles. The van der Waals surface area contributed by atoms with Crippen LogP contribution in [-0.2, 0) is 19.4 Å². The van der Waals surface area contributed by atoms with Gasteiger partial charge in [0, 0.05) is 46.8 Å². The van der Waals surface area contributed by atoms with Crippen molar-refractivity contribution in [3.63, 3.8) is 0 Å². The van der Waals surface area contributed by atoms with Crippen LogP contribution in [0.25, 0.3) is 16.7 Å². The summed E-state index contributed by atoms with van der Waals surface area (Å²) >= 11 is 0. The molecule has 132 valence electrons. The van der Waals surface area contributed by atoms with Crippen molar-refractivity contribution in [1.82, 2.24) is 24.7 Å². The van der Waals surface area contributed by atoms with Gasteiger partial charge in [0.15, 0.2) is 0 Å². The number of aliphatic hydroxyl groups is 1. The van der Waals surface area contributed by atoms with Gasteiger partial charge in [-0.2, -0.15) is 5.10 Å². The lowest BCUT2D eigenvalue weighted by atomic mass is 10.0. The molecule has 0 radical (unpaired) electrons. The zero-order chi connectivity index (χ0) is 18.1. The average molecular weight is 348 g/mol. The van der Waals surface area contributed by atoms with Gasteiger partial charge in [0.1, 0.15) is 0 Å². The maximum atomic E-state index is 9.05. The molecule has 3 N–H and O–H groups in total. The molecular weight excluding hydrogens is 328 g/mol. The lowest BCUT2D eigenvalue weighted by Gasteiger charge is -2.09. The number of hydrogen-bond acceptors (Lipinski definition) is 6. The van der Waals surface area contributed by atoms with Crippen molar-refractivity contribution in [2.45, 2.75) is 26.3 Å². The zero-order valence-corrected chi connectivity index (χ0v) is 14.6. The van der Waals surface area contributed by atoms with Crippen molar-refractivity contribution in [3.05, 3.63) is 59.4 Å². The van der Waals surface area contributed by atoms with Crippen molar-refractivity contribution in [2.75, 3.05) is 12.3 Å². The predicted octanol–water partition coefficient (Wildman–Crippen LogP) is 1.86. The third kappa shape index (κ3) is 2.97. The number of aryl methyl sites for hydroxylation is 1. The van der Waals surface area contributed by atoms with E-state index < -0.39 is 0 Å². The minimum Gasteiger partial charge on any atom is -0.394 e. The van der Waals surface area contributed by atoms with Crippen molar-refractivity contribution in [3.8, 4) is 11.1 Å². The van der Waals surface area contributed by atoms with Crippen LogP contribution in [0.3, 0.4) is 0 Å². The van der Waals surface area contributed by atoms with Crippen molar-refractivity contribution < 1.29 is 5.11 Å². The number of aromatic nitrogens is 5. The summed E-state index contributed by atoms with van der Waals surface area (Å²) in [4.78, 5) is 13.3. The average Bonchev–Trinajstić information content (AvgIpc) is 3.27. The van der Waals surface area contributed by atoms with Crippen LogP contribution in [-0.4, -0.2) is 36.4 Å². The Morgan fingerprint density at radius 2 is 2.08 bits per heavy atom. The van der Waals surface area contributed by atoms with E-state index in [1.165, 1.54) is 0 Å². The standard InChI is InChI=1S/C19H20N6O/c1-2-14-8-18(24-19(20)23-14)15-3-4-17-16(15)7-12(9-21-17)13-10-22-25(11-13)5-6-26/h3,7-11,26H,2,4-6H2,1H3,(H2,20,23,24). The van der Waals surface area contributed by atoms with E-state index in [0.717, 1.165) is 52.2 Å². The second kappa shape index (κ2) is 6.68. The van der Waals surface area contributed by atoms with Crippen LogP contribution in [0.15, 0.2) is 36.8 Å². The summed E-state index contributed by atoms with van der Waals surface area (Å²) < 4.78 is 1.72. The van der Waals surface area contributed by atoms with Crippen LogP contribution in [0.4, 0.5) is 5.95 Å². The van der Waals surface area contributed by atoms with E-state index in [1.54, 1.807) is 10.9 Å². The second-order valence-corrected chi connectivity index (χ2v) is 6.21. The Bertz CT molecular complexity index is 991. The van der Waals surface area contributed by atoms with E-state index in [0.29, 0.717) is 12.5 Å². The molecule has 0 aliphatic heterocycles. The highest BCUT2D eigenvalue weighted by Crippen LogP contribution is 2.34. The van der Waals surface area contributed by atoms with E-state index in [1.807, 2.05) is 25.4 Å². The number of nitrogens with zero attached hydrogens (tertiary/aromatic N) is 5. The normalized spacial score (nSPS) is 12.9. The number of rotatable bonds is 5. The van der Waals surface area contributed by atoms with Gasteiger partial charge in [0.2, 0.25) is 5.95 Å². The monoisotopic (exact) mass is 348 g/mol. The molecule has 0 spiro atoms. The molecule has 0 saturated carbocycles. The Labute approximate surface area is 151 Å². The highest BCUT2D eigenvalue weighted by molar-refractivity contribution is 5.84. The molecule has 26 heavy (non-hydrogen) atoms. The number of aliphatic hydroxyl groups excluding tert-OH is 1. The molecular formula is C19H20N6O. The molecule has 0 bridgehead atoms. The first-order chi connectivity index (χ1) is 12.7. The number of nitrogen functional groups attached to an aromatic ring is 1. The summed E-state index contributed by atoms with van der Waals surface area (Å²) in [6, 6.07) is 4.11. The van der Waals surface area contributed by atoms with Gasteiger partial charge in [-0.05, 0) is 18.6 Å². The number of pyridine rings is 1. The van der Waals surface area contributed by atoms with Crippen LogP contribution < -0.4 is 5.73 Å². The maximum Gasteiger partial charge on any atom is 0.220 e. The Morgan fingerprint density at radius 1 is 1.19 bits per heavy atom. The molecule has 0 unspecified atom stereocenters. The van der Waals surface area contributed by atoms with Crippen LogP contribution in [0.5, 0.6) is 0 Å². The van der Waals surface area contributed by atoms with Crippen LogP contribution in [0, 0.1) is 0 Å². The summed E-state index contributed by atoms with van der Waals surface area (Å²) in [5.41, 5.74) is 12.7. The van der Waals surface area contributed by atoms with E-state index in [9.17, 15) is 0 Å². The van der Waals surface area contributed by atoms with Crippen molar-refractivity contribution in [1.29, 1.82) is 0 Å². The van der Waals surface area contributed by atoms with Crippen LogP contribution >= 0.6 is 0 Å². The number of hydrogen-bond donors (Lipinski definition) is 2. The summed E-state index contributed by atoms with van der Waals surface area (Å²) in [6.45, 7) is 2.58. The molecule has 1 aliphatic carbocycles. The topological polar surface area (TPSA) is 103 Å². The third-order valence-electron chi connectivity index (χ3n) is 4.49. The first-order valence-electron chi connectivity index (χ1n) is 8.65. The lowest BCUT2D eigenvalue weighted by Crippen LogP contribution is -2.03. The smallest absolute Gasteiger partial charge is 0.220 e. The van der Waals surface area contributed by atoms with E-state index >= 15 is 0 Å². The maximum absolute atomic E-state index is 9.05. The highest BCUT2D eigenvalue weighted by Gasteiger charge is 2.20. The molecule has 4 rings (SSSR count). The molecule has 0 amide bonds. The van der Waals surface area contributed by atoms with Gasteiger partial charge in [-0.1, -0.05) is 13.0 Å². The first kappa shape index (κ1) is 16.4. The Balaban J connectivity index is 1.72. The molecule has 3 aromatic rings. The van der Waals surface area contributed by atoms with Crippen molar-refractivity contribution >= 4 is 11.5 Å². The molecule has 7 nitrogen and oxygen atoms in total. The first-order valence-corrected chi connectivity index (χ1v) is 8.65. The van der Waals surface area contributed by atoms with Gasteiger partial charge in [0.05, 0.1) is 30.7 Å². The van der Waals surface area contributed by atoms with Crippen LogP contribution in [0.1, 0.15) is 29.6 Å². The van der Waals surface area contributed by atoms with Gasteiger partial charge in [-0.3, -0.25) is 9.67 Å². The Kier molecular flexibility index (Phi) is 4.22. The Hall–Kier alpha value is -3.06. The third-order valence-corrected chi connectivity index (χ3v) is 4.49. The highest BCUT2D eigenvalue weighted by atomic mass is 16.3. The number of nitrogens with two attached hydrogens (primary N) is 1. The lowest BCUT2D eigenvalue weighted by molar-refractivity contribution is 0.269. The minimum atomic E-state index is 0.0609. The largest absolute Gasteiger partial charge is 0.394 e. The van der Waals surface area contributed by atoms with E-state index in [4.69, 9.17) is 10.8 Å². The minimum absolute atomic E-state index is 0.0609. The van der Waals surface area contributed by atoms with E-state index in [2.05, 4.69) is 32.2 Å². The van der Waals surface area contributed by atoms with E-state index in [-0.39, 0.29) is 6.61 Å². The number of allylic oxidation sites excluding steroid dienone is 1. The van der Waals surface area contributed by atoms with Gasteiger partial charge in [0.25, 0.3) is 0 Å². The number of fused-ring (bicyclic) bond motifs is 1. The molecule has 0 saturated heterocycles. The SMILES string of the molecule is CCc1cc(C2=CCc3ncc(-c4cnn(CCO)c4)cc32)nc(N)n1. The fourth-order valence-corrected chi connectivity index (χ4v) is 3.17. The van der Waals surface area contributed by atoms with Gasteiger partial charge in [-0.15, -0.1) is 0 Å². The fourth-order valence-electron chi connectivity index (χ4n) is 3.17. The molecule has 0 fully saturated rings. The molecule has 0 atom stereocenters. The Morgan fingerprint density at radius 3 is 2.88 bits per heavy atom.